The number of benzene rings is 1. The summed E-state index contributed by atoms with van der Waals surface area (Å²) in [5.74, 6) is 0. The maximum Gasteiger partial charge on any atom is 0.144 e. The lowest BCUT2D eigenvalue weighted by atomic mass is 9.82. The molecule has 0 aromatic heterocycles. The van der Waals surface area contributed by atoms with Crippen molar-refractivity contribution in [3.05, 3.63) is 35.9 Å². The van der Waals surface area contributed by atoms with Crippen LogP contribution in [0.15, 0.2) is 35.4 Å². The second-order valence-corrected chi connectivity index (χ2v) is 5.49. The van der Waals surface area contributed by atoms with Crippen molar-refractivity contribution in [1.82, 2.24) is 5.01 Å². The van der Waals surface area contributed by atoms with Gasteiger partial charge in [0.1, 0.15) is 5.54 Å². The van der Waals surface area contributed by atoms with E-state index in [1.54, 1.807) is 0 Å². The third-order valence-electron chi connectivity index (χ3n) is 4.29. The maximum absolute atomic E-state index is 9.60. The molecule has 1 aromatic carbocycles. The summed E-state index contributed by atoms with van der Waals surface area (Å²) in [6, 6.07) is 12.9. The molecule has 1 aromatic rings. The Morgan fingerprint density at radius 2 is 1.84 bits per heavy atom. The van der Waals surface area contributed by atoms with Crippen LogP contribution >= 0.6 is 0 Å². The molecule has 1 fully saturated rings. The van der Waals surface area contributed by atoms with Crippen molar-refractivity contribution in [2.45, 2.75) is 44.1 Å². The Labute approximate surface area is 114 Å². The van der Waals surface area contributed by atoms with Crippen molar-refractivity contribution < 1.29 is 0 Å². The van der Waals surface area contributed by atoms with Crippen molar-refractivity contribution in [3.63, 3.8) is 0 Å². The van der Waals surface area contributed by atoms with Gasteiger partial charge in [0.15, 0.2) is 0 Å². The molecule has 1 aliphatic heterocycles. The molecule has 0 radical (unpaired) electrons. The Bertz CT molecular complexity index is 507. The van der Waals surface area contributed by atoms with Gasteiger partial charge >= 0.3 is 0 Å². The first-order valence-electron chi connectivity index (χ1n) is 7.16. The molecule has 0 atom stereocenters. The molecule has 3 heteroatoms. The highest BCUT2D eigenvalue weighted by Crippen LogP contribution is 2.35. The number of hydrazone groups is 1. The fourth-order valence-electron chi connectivity index (χ4n) is 3.16. The first kappa shape index (κ1) is 12.2. The van der Waals surface area contributed by atoms with Crippen LogP contribution in [0.25, 0.3) is 0 Å². The van der Waals surface area contributed by atoms with Gasteiger partial charge in [0.05, 0.1) is 11.8 Å². The Morgan fingerprint density at radius 3 is 2.53 bits per heavy atom. The molecule has 0 bridgehead atoms. The molecule has 19 heavy (non-hydrogen) atoms. The lowest BCUT2D eigenvalue weighted by molar-refractivity contribution is 0.115. The lowest BCUT2D eigenvalue weighted by Gasteiger charge is -2.37. The van der Waals surface area contributed by atoms with Crippen LogP contribution in [0, 0.1) is 11.3 Å². The minimum absolute atomic E-state index is 0.339. The molecule has 0 saturated heterocycles. The number of nitrogens with zero attached hydrogens (tertiary/aromatic N) is 3. The van der Waals surface area contributed by atoms with Crippen molar-refractivity contribution in [3.8, 4) is 6.07 Å². The highest BCUT2D eigenvalue weighted by Gasteiger charge is 2.40. The van der Waals surface area contributed by atoms with E-state index in [-0.39, 0.29) is 5.54 Å². The third-order valence-corrected chi connectivity index (χ3v) is 4.29. The molecule has 2 aliphatic rings. The van der Waals surface area contributed by atoms with Gasteiger partial charge in [-0.2, -0.15) is 10.4 Å². The highest BCUT2D eigenvalue weighted by atomic mass is 15.5. The van der Waals surface area contributed by atoms with Gasteiger partial charge < -0.3 is 0 Å². The van der Waals surface area contributed by atoms with Crippen LogP contribution in [0.5, 0.6) is 0 Å². The quantitative estimate of drug-likeness (QED) is 0.811. The van der Waals surface area contributed by atoms with Crippen LogP contribution in [0.3, 0.4) is 0 Å². The first-order valence-corrected chi connectivity index (χ1v) is 7.16. The number of nitriles is 1. The Hall–Kier alpha value is -1.82. The molecule has 1 aliphatic carbocycles. The minimum atomic E-state index is -0.339. The molecule has 98 valence electrons. The predicted octanol–water partition coefficient (Wildman–Crippen LogP) is 3.32. The van der Waals surface area contributed by atoms with E-state index in [4.69, 9.17) is 5.10 Å². The van der Waals surface area contributed by atoms with E-state index in [1.165, 1.54) is 12.0 Å². The van der Waals surface area contributed by atoms with Gasteiger partial charge in [-0.25, -0.2) is 0 Å². The Balaban J connectivity index is 1.84. The standard InChI is InChI=1S/C16H19N3/c17-13-16(10-5-2-6-11-16)19-12-9-15(18-19)14-7-3-1-4-8-14/h1,3-4,7-8H,2,5-6,9-12H2. The van der Waals surface area contributed by atoms with Gasteiger partial charge in [-0.3, -0.25) is 5.01 Å². The van der Waals surface area contributed by atoms with Crippen molar-refractivity contribution in [2.24, 2.45) is 5.10 Å². The third kappa shape index (κ3) is 2.23. The molecule has 0 amide bonds. The van der Waals surface area contributed by atoms with Crippen LogP contribution in [0.2, 0.25) is 0 Å². The van der Waals surface area contributed by atoms with Gasteiger partial charge in [0.25, 0.3) is 0 Å². The van der Waals surface area contributed by atoms with E-state index in [0.717, 1.165) is 44.4 Å². The zero-order valence-corrected chi connectivity index (χ0v) is 11.2. The summed E-state index contributed by atoms with van der Waals surface area (Å²) < 4.78 is 0. The molecule has 3 nitrogen and oxygen atoms in total. The maximum atomic E-state index is 9.60. The molecular weight excluding hydrogens is 234 g/mol. The van der Waals surface area contributed by atoms with Gasteiger partial charge in [0, 0.05) is 13.0 Å². The van der Waals surface area contributed by atoms with E-state index in [9.17, 15) is 5.26 Å². The highest BCUT2D eigenvalue weighted by molar-refractivity contribution is 6.01. The monoisotopic (exact) mass is 253 g/mol. The van der Waals surface area contributed by atoms with E-state index in [0.29, 0.717) is 0 Å². The molecule has 0 unspecified atom stereocenters. The molecule has 0 spiro atoms. The van der Waals surface area contributed by atoms with Gasteiger partial charge in [-0.15, -0.1) is 0 Å². The smallest absolute Gasteiger partial charge is 0.144 e. The van der Waals surface area contributed by atoms with E-state index < -0.39 is 0 Å². The minimum Gasteiger partial charge on any atom is -0.276 e. The summed E-state index contributed by atoms with van der Waals surface area (Å²) in [6.45, 7) is 0.887. The normalized spacial score (nSPS) is 21.8. The van der Waals surface area contributed by atoms with Crippen LogP contribution in [0.1, 0.15) is 44.1 Å². The fourth-order valence-corrected chi connectivity index (χ4v) is 3.16. The average molecular weight is 253 g/mol. The van der Waals surface area contributed by atoms with E-state index in [1.807, 2.05) is 18.2 Å². The first-order chi connectivity index (χ1) is 9.34. The van der Waals surface area contributed by atoms with Crippen LogP contribution in [-0.4, -0.2) is 22.8 Å². The second-order valence-electron chi connectivity index (χ2n) is 5.49. The molecule has 1 heterocycles. The SMILES string of the molecule is N#CC1(N2CCC(c3ccccc3)=N2)CCCCC1. The summed E-state index contributed by atoms with van der Waals surface area (Å²) in [6.07, 6.45) is 6.45. The van der Waals surface area contributed by atoms with Crippen LogP contribution in [0.4, 0.5) is 0 Å². The predicted molar refractivity (Wildman–Crippen MR) is 75.7 cm³/mol. The Kier molecular flexibility index (Phi) is 3.25. The molecule has 0 N–H and O–H groups in total. The molecular formula is C16H19N3. The van der Waals surface area contributed by atoms with E-state index in [2.05, 4.69) is 23.2 Å². The van der Waals surface area contributed by atoms with Crippen molar-refractivity contribution >= 4 is 5.71 Å². The topological polar surface area (TPSA) is 39.4 Å². The van der Waals surface area contributed by atoms with Gasteiger partial charge in [0.2, 0.25) is 0 Å². The zero-order valence-electron chi connectivity index (χ0n) is 11.2. The van der Waals surface area contributed by atoms with Crippen LogP contribution in [-0.2, 0) is 0 Å². The lowest BCUT2D eigenvalue weighted by Crippen LogP contribution is -2.45. The molecule has 1 saturated carbocycles. The molecule has 3 rings (SSSR count). The van der Waals surface area contributed by atoms with Crippen molar-refractivity contribution in [2.75, 3.05) is 6.54 Å². The number of hydrogen-bond acceptors (Lipinski definition) is 3. The summed E-state index contributed by atoms with van der Waals surface area (Å²) in [5.41, 5.74) is 1.98. The fraction of sp³-hybridized carbons (Fsp3) is 0.500. The largest absolute Gasteiger partial charge is 0.276 e. The summed E-state index contributed by atoms with van der Waals surface area (Å²) in [5, 5.41) is 16.4. The van der Waals surface area contributed by atoms with Gasteiger partial charge in [-0.1, -0.05) is 36.8 Å². The van der Waals surface area contributed by atoms with Crippen LogP contribution < -0.4 is 0 Å². The summed E-state index contributed by atoms with van der Waals surface area (Å²) in [7, 11) is 0. The zero-order chi connectivity index (χ0) is 13.1. The van der Waals surface area contributed by atoms with E-state index >= 15 is 0 Å². The Morgan fingerprint density at radius 1 is 1.11 bits per heavy atom. The number of rotatable bonds is 2. The average Bonchev–Trinajstić information content (AvgIpc) is 2.99. The van der Waals surface area contributed by atoms with Crippen molar-refractivity contribution in [1.29, 1.82) is 5.26 Å². The van der Waals surface area contributed by atoms with Gasteiger partial charge in [-0.05, 0) is 31.2 Å². The second kappa shape index (κ2) is 5.05. The summed E-state index contributed by atoms with van der Waals surface area (Å²) in [4.78, 5) is 0. The summed E-state index contributed by atoms with van der Waals surface area (Å²) >= 11 is 0. The number of hydrogen-bond donors (Lipinski definition) is 0.